The number of aliphatic hydroxyl groups excluding tert-OH is 1. The summed E-state index contributed by atoms with van der Waals surface area (Å²) in [4.78, 5) is 0. The highest BCUT2D eigenvalue weighted by molar-refractivity contribution is 5.26. The second-order valence-electron chi connectivity index (χ2n) is 3.84. The van der Waals surface area contributed by atoms with Crippen LogP contribution in [0.15, 0.2) is 60.7 Å². The van der Waals surface area contributed by atoms with Crippen molar-refractivity contribution in [3.05, 3.63) is 66.2 Å². The van der Waals surface area contributed by atoms with Crippen LogP contribution in [-0.4, -0.2) is 11.2 Å². The van der Waals surface area contributed by atoms with Crippen LogP contribution in [0.5, 0.6) is 5.75 Å². The number of ether oxygens (including phenoxy) is 1. The van der Waals surface area contributed by atoms with E-state index in [4.69, 9.17) is 10.00 Å². The quantitative estimate of drug-likeness (QED) is 0.834. The van der Waals surface area contributed by atoms with Crippen LogP contribution in [0.4, 0.5) is 0 Å². The second kappa shape index (κ2) is 5.85. The van der Waals surface area contributed by atoms with Gasteiger partial charge in [0.1, 0.15) is 5.75 Å². The molecule has 18 heavy (non-hydrogen) atoms. The molecule has 2 atom stereocenters. The molecular weight excluding hydrogens is 226 g/mol. The Labute approximate surface area is 106 Å². The number of para-hydroxylation sites is 1. The van der Waals surface area contributed by atoms with Gasteiger partial charge in [-0.3, -0.25) is 0 Å². The van der Waals surface area contributed by atoms with E-state index in [1.54, 1.807) is 12.1 Å². The molecule has 2 aromatic rings. The first-order chi connectivity index (χ1) is 8.81. The number of aliphatic hydroxyl groups is 1. The number of nitrogens with zero attached hydrogens (tertiary/aromatic N) is 1. The summed E-state index contributed by atoms with van der Waals surface area (Å²) in [5, 5.41) is 18.6. The zero-order valence-corrected chi connectivity index (χ0v) is 9.73. The maximum Gasteiger partial charge on any atom is 0.181 e. The molecule has 3 heteroatoms. The Bertz CT molecular complexity index is 519. The number of benzene rings is 2. The van der Waals surface area contributed by atoms with Gasteiger partial charge >= 0.3 is 0 Å². The van der Waals surface area contributed by atoms with Crippen molar-refractivity contribution in [1.29, 1.82) is 5.26 Å². The topological polar surface area (TPSA) is 53.2 Å². The molecule has 0 aliphatic carbocycles. The normalized spacial score (nSPS) is 13.3. The summed E-state index contributed by atoms with van der Waals surface area (Å²) >= 11 is 0. The Morgan fingerprint density at radius 2 is 1.50 bits per heavy atom. The van der Waals surface area contributed by atoms with Crippen molar-refractivity contribution in [2.75, 3.05) is 0 Å². The predicted octanol–water partition coefficient (Wildman–Crippen LogP) is 2.69. The van der Waals surface area contributed by atoms with E-state index < -0.39 is 12.2 Å². The van der Waals surface area contributed by atoms with Crippen molar-refractivity contribution < 1.29 is 9.84 Å². The average Bonchev–Trinajstić information content (AvgIpc) is 2.46. The highest BCUT2D eigenvalue weighted by Gasteiger charge is 2.22. The van der Waals surface area contributed by atoms with Gasteiger partial charge in [0.15, 0.2) is 12.2 Å². The van der Waals surface area contributed by atoms with Crippen LogP contribution in [0.1, 0.15) is 11.7 Å². The van der Waals surface area contributed by atoms with E-state index in [2.05, 4.69) is 0 Å². The molecule has 0 amide bonds. The first-order valence-electron chi connectivity index (χ1n) is 5.65. The van der Waals surface area contributed by atoms with Crippen LogP contribution in [-0.2, 0) is 0 Å². The van der Waals surface area contributed by atoms with Crippen molar-refractivity contribution in [1.82, 2.24) is 0 Å². The third kappa shape index (κ3) is 2.88. The van der Waals surface area contributed by atoms with E-state index >= 15 is 0 Å². The number of hydrogen-bond acceptors (Lipinski definition) is 3. The Morgan fingerprint density at radius 3 is 2.06 bits per heavy atom. The lowest BCUT2D eigenvalue weighted by Crippen LogP contribution is -2.22. The Hall–Kier alpha value is -2.31. The molecule has 0 spiro atoms. The van der Waals surface area contributed by atoms with Gasteiger partial charge in [-0.05, 0) is 17.7 Å². The van der Waals surface area contributed by atoms with Crippen molar-refractivity contribution in [2.24, 2.45) is 0 Å². The van der Waals surface area contributed by atoms with Crippen molar-refractivity contribution in [3.8, 4) is 11.8 Å². The largest absolute Gasteiger partial charge is 0.482 e. The fraction of sp³-hybridized carbons (Fsp3) is 0.133. The lowest BCUT2D eigenvalue weighted by Gasteiger charge is -2.20. The fourth-order valence-corrected chi connectivity index (χ4v) is 1.67. The number of rotatable bonds is 4. The number of hydrogen-bond donors (Lipinski definition) is 1. The third-order valence-corrected chi connectivity index (χ3v) is 2.55. The molecule has 0 saturated heterocycles. The highest BCUT2D eigenvalue weighted by atomic mass is 16.5. The maximum absolute atomic E-state index is 9.75. The molecule has 2 unspecified atom stereocenters. The molecule has 90 valence electrons. The second-order valence-corrected chi connectivity index (χ2v) is 3.84. The molecular formula is C15H13NO2. The molecule has 1 N–H and O–H groups in total. The lowest BCUT2D eigenvalue weighted by atomic mass is 10.1. The molecule has 0 aromatic heterocycles. The van der Waals surface area contributed by atoms with Crippen molar-refractivity contribution >= 4 is 0 Å². The van der Waals surface area contributed by atoms with Crippen LogP contribution in [0.3, 0.4) is 0 Å². The van der Waals surface area contributed by atoms with Gasteiger partial charge in [0.2, 0.25) is 0 Å². The minimum Gasteiger partial charge on any atom is -0.482 e. The molecule has 2 aromatic carbocycles. The van der Waals surface area contributed by atoms with Crippen LogP contribution >= 0.6 is 0 Å². The predicted molar refractivity (Wildman–Crippen MR) is 67.9 cm³/mol. The lowest BCUT2D eigenvalue weighted by molar-refractivity contribution is 0.0714. The molecule has 0 saturated carbocycles. The zero-order chi connectivity index (χ0) is 12.8. The first kappa shape index (κ1) is 12.2. The summed E-state index contributed by atoms with van der Waals surface area (Å²) in [5.74, 6) is 0.626. The molecule has 2 rings (SSSR count). The molecule has 0 aliphatic heterocycles. The monoisotopic (exact) mass is 239 g/mol. The van der Waals surface area contributed by atoms with Gasteiger partial charge in [0.25, 0.3) is 0 Å². The minimum absolute atomic E-state index is 0.626. The van der Waals surface area contributed by atoms with E-state index in [0.717, 1.165) is 5.56 Å². The van der Waals surface area contributed by atoms with E-state index in [0.29, 0.717) is 5.75 Å². The minimum atomic E-state index is -1.20. The molecule has 0 bridgehead atoms. The summed E-state index contributed by atoms with van der Waals surface area (Å²) in [7, 11) is 0. The Morgan fingerprint density at radius 1 is 0.944 bits per heavy atom. The highest BCUT2D eigenvalue weighted by Crippen LogP contribution is 2.24. The van der Waals surface area contributed by atoms with Crippen molar-refractivity contribution in [2.45, 2.75) is 12.2 Å². The van der Waals surface area contributed by atoms with Gasteiger partial charge in [-0.1, -0.05) is 48.5 Å². The molecule has 0 heterocycles. The summed E-state index contributed by atoms with van der Waals surface area (Å²) in [6, 6.07) is 20.2. The zero-order valence-electron chi connectivity index (χ0n) is 9.73. The number of nitriles is 1. The molecule has 0 fully saturated rings. The van der Waals surface area contributed by atoms with Crippen LogP contribution < -0.4 is 4.74 Å². The summed E-state index contributed by atoms with van der Waals surface area (Å²) in [6.45, 7) is 0. The van der Waals surface area contributed by atoms with E-state index in [1.807, 2.05) is 54.6 Å². The van der Waals surface area contributed by atoms with Gasteiger partial charge in [0.05, 0.1) is 6.07 Å². The van der Waals surface area contributed by atoms with Gasteiger partial charge in [-0.2, -0.15) is 5.26 Å². The fourth-order valence-electron chi connectivity index (χ4n) is 1.67. The standard InChI is InChI=1S/C15H13NO2/c16-11-14(17)15(12-7-3-1-4-8-12)18-13-9-5-2-6-10-13/h1-10,14-15,17H. The maximum atomic E-state index is 9.75. The van der Waals surface area contributed by atoms with Crippen LogP contribution in [0.25, 0.3) is 0 Å². The molecule has 0 aliphatic rings. The van der Waals surface area contributed by atoms with E-state index in [-0.39, 0.29) is 0 Å². The Balaban J connectivity index is 2.25. The van der Waals surface area contributed by atoms with Gasteiger partial charge in [0, 0.05) is 0 Å². The first-order valence-corrected chi connectivity index (χ1v) is 5.65. The average molecular weight is 239 g/mol. The smallest absolute Gasteiger partial charge is 0.181 e. The van der Waals surface area contributed by atoms with Gasteiger partial charge in [-0.25, -0.2) is 0 Å². The molecule has 3 nitrogen and oxygen atoms in total. The van der Waals surface area contributed by atoms with Crippen molar-refractivity contribution in [3.63, 3.8) is 0 Å². The third-order valence-electron chi connectivity index (χ3n) is 2.55. The van der Waals surface area contributed by atoms with E-state index in [9.17, 15) is 5.11 Å². The van der Waals surface area contributed by atoms with Gasteiger partial charge < -0.3 is 9.84 Å². The summed E-state index contributed by atoms with van der Waals surface area (Å²) < 4.78 is 5.68. The summed E-state index contributed by atoms with van der Waals surface area (Å²) in [6.07, 6.45) is -1.88. The van der Waals surface area contributed by atoms with Crippen LogP contribution in [0, 0.1) is 11.3 Å². The Kier molecular flexibility index (Phi) is 3.95. The van der Waals surface area contributed by atoms with Crippen LogP contribution in [0.2, 0.25) is 0 Å². The SMILES string of the molecule is N#CC(O)C(Oc1ccccc1)c1ccccc1. The van der Waals surface area contributed by atoms with Gasteiger partial charge in [-0.15, -0.1) is 0 Å². The van der Waals surface area contributed by atoms with E-state index in [1.165, 1.54) is 0 Å². The summed E-state index contributed by atoms with van der Waals surface area (Å²) in [5.41, 5.74) is 0.774. The molecule has 0 radical (unpaired) electrons.